The predicted octanol–water partition coefficient (Wildman–Crippen LogP) is 2.63. The van der Waals surface area contributed by atoms with Crippen LogP contribution in [0.1, 0.15) is 29.8 Å². The van der Waals surface area contributed by atoms with Crippen molar-refractivity contribution in [3.8, 4) is 17.2 Å². The van der Waals surface area contributed by atoms with Crippen LogP contribution in [0.4, 0.5) is 0 Å². The lowest BCUT2D eigenvalue weighted by atomic mass is 10.2. The topological polar surface area (TPSA) is 77.1 Å². The van der Waals surface area contributed by atoms with Crippen LogP contribution < -0.4 is 19.5 Å². The molecule has 29 heavy (non-hydrogen) atoms. The van der Waals surface area contributed by atoms with Gasteiger partial charge in [0.15, 0.2) is 11.5 Å². The molecule has 7 heteroatoms. The van der Waals surface area contributed by atoms with E-state index in [9.17, 15) is 9.59 Å². The third kappa shape index (κ3) is 5.63. The molecule has 7 nitrogen and oxygen atoms in total. The van der Waals surface area contributed by atoms with Crippen LogP contribution in [0.2, 0.25) is 0 Å². The van der Waals surface area contributed by atoms with Crippen molar-refractivity contribution in [3.63, 3.8) is 0 Å². The van der Waals surface area contributed by atoms with E-state index < -0.39 is 0 Å². The Morgan fingerprint density at radius 2 is 1.76 bits per heavy atom. The van der Waals surface area contributed by atoms with Gasteiger partial charge in [-0.3, -0.25) is 9.59 Å². The molecule has 0 unspecified atom stereocenters. The zero-order valence-corrected chi connectivity index (χ0v) is 16.9. The summed E-state index contributed by atoms with van der Waals surface area (Å²) in [4.78, 5) is 26.2. The summed E-state index contributed by atoms with van der Waals surface area (Å²) in [7, 11) is 1.70. The maximum Gasteiger partial charge on any atom is 0.251 e. The zero-order chi connectivity index (χ0) is 20.8. The van der Waals surface area contributed by atoms with Crippen LogP contribution in [0.5, 0.6) is 17.2 Å². The lowest BCUT2D eigenvalue weighted by Gasteiger charge is -2.21. The average molecular weight is 398 g/mol. The molecule has 0 aromatic heterocycles. The van der Waals surface area contributed by atoms with Gasteiger partial charge in [0, 0.05) is 19.2 Å². The van der Waals surface area contributed by atoms with Gasteiger partial charge in [-0.15, -0.1) is 0 Å². The van der Waals surface area contributed by atoms with Gasteiger partial charge in [0.2, 0.25) is 5.91 Å². The molecular weight excluding hydrogens is 372 g/mol. The third-order valence-electron chi connectivity index (χ3n) is 4.34. The Kier molecular flexibility index (Phi) is 6.59. The van der Waals surface area contributed by atoms with E-state index in [1.807, 2.05) is 32.0 Å². The van der Waals surface area contributed by atoms with Crippen molar-refractivity contribution in [2.24, 2.45) is 0 Å². The summed E-state index contributed by atoms with van der Waals surface area (Å²) in [6.07, 6.45) is 0.0667. The minimum atomic E-state index is -0.304. The maximum atomic E-state index is 12.4. The molecule has 2 aromatic rings. The van der Waals surface area contributed by atoms with Crippen molar-refractivity contribution in [2.75, 3.05) is 26.8 Å². The van der Waals surface area contributed by atoms with Gasteiger partial charge in [-0.2, -0.15) is 0 Å². The highest BCUT2D eigenvalue weighted by molar-refractivity contribution is 5.96. The first kappa shape index (κ1) is 20.5. The van der Waals surface area contributed by atoms with Crippen molar-refractivity contribution in [2.45, 2.75) is 26.5 Å². The Hall–Kier alpha value is -3.22. The lowest BCUT2D eigenvalue weighted by Crippen LogP contribution is -2.37. The molecule has 1 aliphatic rings. The average Bonchev–Trinajstić information content (AvgIpc) is 2.71. The fraction of sp³-hybridized carbons (Fsp3) is 0.364. The van der Waals surface area contributed by atoms with Gasteiger partial charge in [-0.05, 0) is 55.8 Å². The van der Waals surface area contributed by atoms with Crippen LogP contribution >= 0.6 is 0 Å². The van der Waals surface area contributed by atoms with E-state index in [2.05, 4.69) is 5.32 Å². The highest BCUT2D eigenvalue weighted by atomic mass is 16.6. The number of carbonyl (C=O) groups is 2. The monoisotopic (exact) mass is 398 g/mol. The Morgan fingerprint density at radius 3 is 2.45 bits per heavy atom. The molecule has 0 spiro atoms. The van der Waals surface area contributed by atoms with Gasteiger partial charge < -0.3 is 24.4 Å². The van der Waals surface area contributed by atoms with Crippen LogP contribution in [0.15, 0.2) is 42.5 Å². The van der Waals surface area contributed by atoms with Gasteiger partial charge in [-0.25, -0.2) is 0 Å². The number of amides is 2. The predicted molar refractivity (Wildman–Crippen MR) is 108 cm³/mol. The van der Waals surface area contributed by atoms with E-state index >= 15 is 0 Å². The standard InChI is InChI=1S/C22H26N2O5/c1-15(2)29-18-7-5-17(6-8-18)22(26)23-13-21(25)24(3)14-16-4-9-19-20(12-16)28-11-10-27-19/h4-9,12,15H,10-11,13-14H2,1-3H3,(H,23,26). The van der Waals surface area contributed by atoms with Crippen LogP contribution in [-0.4, -0.2) is 49.6 Å². The molecule has 0 atom stereocenters. The SMILES string of the molecule is CC(C)Oc1ccc(C(=O)NCC(=O)N(C)Cc2ccc3c(c2)OCCO3)cc1. The molecule has 154 valence electrons. The summed E-state index contributed by atoms with van der Waals surface area (Å²) in [6.45, 7) is 5.26. The molecule has 0 aliphatic carbocycles. The van der Waals surface area contributed by atoms with Gasteiger partial charge in [-0.1, -0.05) is 6.07 Å². The van der Waals surface area contributed by atoms with Crippen molar-refractivity contribution in [1.82, 2.24) is 10.2 Å². The fourth-order valence-electron chi connectivity index (χ4n) is 2.90. The van der Waals surface area contributed by atoms with Crippen LogP contribution in [0.3, 0.4) is 0 Å². The van der Waals surface area contributed by atoms with E-state index in [1.54, 1.807) is 36.2 Å². The number of hydrogen-bond acceptors (Lipinski definition) is 5. The Labute approximate surface area is 170 Å². The van der Waals surface area contributed by atoms with Crippen molar-refractivity contribution in [3.05, 3.63) is 53.6 Å². The number of carbonyl (C=O) groups excluding carboxylic acids is 2. The van der Waals surface area contributed by atoms with Crippen molar-refractivity contribution < 1.29 is 23.8 Å². The van der Waals surface area contributed by atoms with Gasteiger partial charge in [0.1, 0.15) is 19.0 Å². The normalized spacial score (nSPS) is 12.4. The molecule has 2 amide bonds. The number of benzene rings is 2. The van der Waals surface area contributed by atoms with E-state index in [1.165, 1.54) is 0 Å². The zero-order valence-electron chi connectivity index (χ0n) is 16.9. The fourth-order valence-corrected chi connectivity index (χ4v) is 2.90. The first-order valence-corrected chi connectivity index (χ1v) is 9.60. The summed E-state index contributed by atoms with van der Waals surface area (Å²) in [5.74, 6) is 1.61. The summed E-state index contributed by atoms with van der Waals surface area (Å²) in [5, 5.41) is 2.66. The smallest absolute Gasteiger partial charge is 0.251 e. The number of hydrogen-bond donors (Lipinski definition) is 1. The summed E-state index contributed by atoms with van der Waals surface area (Å²) >= 11 is 0. The minimum Gasteiger partial charge on any atom is -0.491 e. The first-order valence-electron chi connectivity index (χ1n) is 9.60. The highest BCUT2D eigenvalue weighted by Gasteiger charge is 2.15. The molecular formula is C22H26N2O5. The quantitative estimate of drug-likeness (QED) is 0.776. The molecule has 0 saturated heterocycles. The molecule has 0 fully saturated rings. The maximum absolute atomic E-state index is 12.4. The highest BCUT2D eigenvalue weighted by Crippen LogP contribution is 2.31. The van der Waals surface area contributed by atoms with Crippen LogP contribution in [0, 0.1) is 0 Å². The van der Waals surface area contributed by atoms with E-state index in [0.29, 0.717) is 42.6 Å². The first-order chi connectivity index (χ1) is 13.9. The minimum absolute atomic E-state index is 0.0667. The lowest BCUT2D eigenvalue weighted by molar-refractivity contribution is -0.129. The molecule has 1 aliphatic heterocycles. The van der Waals surface area contributed by atoms with Crippen LogP contribution in [0.25, 0.3) is 0 Å². The Morgan fingerprint density at radius 1 is 1.07 bits per heavy atom. The third-order valence-corrected chi connectivity index (χ3v) is 4.34. The largest absolute Gasteiger partial charge is 0.491 e. The molecule has 3 rings (SSSR count). The number of nitrogens with one attached hydrogen (secondary N) is 1. The Balaban J connectivity index is 1.50. The number of nitrogens with zero attached hydrogens (tertiary/aromatic N) is 1. The second-order valence-corrected chi connectivity index (χ2v) is 7.10. The molecule has 2 aromatic carbocycles. The molecule has 1 N–H and O–H groups in total. The molecule has 0 saturated carbocycles. The summed E-state index contributed by atoms with van der Waals surface area (Å²) in [6, 6.07) is 12.5. The Bertz CT molecular complexity index is 864. The second kappa shape index (κ2) is 9.32. The number of ether oxygens (including phenoxy) is 3. The van der Waals surface area contributed by atoms with E-state index in [4.69, 9.17) is 14.2 Å². The number of fused-ring (bicyclic) bond motifs is 1. The molecule has 1 heterocycles. The van der Waals surface area contributed by atoms with Crippen LogP contribution in [-0.2, 0) is 11.3 Å². The van der Waals surface area contributed by atoms with E-state index in [0.717, 1.165) is 5.56 Å². The van der Waals surface area contributed by atoms with E-state index in [-0.39, 0.29) is 24.5 Å². The number of rotatable bonds is 7. The molecule has 0 radical (unpaired) electrons. The van der Waals surface area contributed by atoms with Gasteiger partial charge >= 0.3 is 0 Å². The summed E-state index contributed by atoms with van der Waals surface area (Å²) in [5.41, 5.74) is 1.40. The van der Waals surface area contributed by atoms with Gasteiger partial charge in [0.05, 0.1) is 12.6 Å². The van der Waals surface area contributed by atoms with Gasteiger partial charge in [0.25, 0.3) is 5.91 Å². The van der Waals surface area contributed by atoms with Crippen molar-refractivity contribution >= 4 is 11.8 Å². The van der Waals surface area contributed by atoms with Crippen molar-refractivity contribution in [1.29, 1.82) is 0 Å². The second-order valence-electron chi connectivity index (χ2n) is 7.10. The molecule has 0 bridgehead atoms. The number of likely N-dealkylation sites (N-methyl/N-ethyl adjacent to an activating group) is 1. The summed E-state index contributed by atoms with van der Waals surface area (Å²) < 4.78 is 16.6.